The molecule has 2 N–H and O–H groups in total. The second-order valence-corrected chi connectivity index (χ2v) is 8.32. The molecule has 2 atom stereocenters. The smallest absolute Gasteiger partial charge is 0.0701 e. The summed E-state index contributed by atoms with van der Waals surface area (Å²) in [5.41, 5.74) is 6.72. The molecule has 0 spiro atoms. The van der Waals surface area contributed by atoms with Crippen molar-refractivity contribution in [2.24, 2.45) is 5.73 Å². The maximum Gasteiger partial charge on any atom is 0.0701 e. The highest BCUT2D eigenvalue weighted by Crippen LogP contribution is 2.30. The molecule has 0 bridgehead atoms. The van der Waals surface area contributed by atoms with Crippen molar-refractivity contribution in [1.82, 2.24) is 4.90 Å². The molecule has 19 heavy (non-hydrogen) atoms. The van der Waals surface area contributed by atoms with Crippen molar-refractivity contribution in [2.75, 3.05) is 13.1 Å². The van der Waals surface area contributed by atoms with Crippen molar-refractivity contribution in [3.05, 3.63) is 20.8 Å². The Morgan fingerprint density at radius 3 is 2.58 bits per heavy atom. The molecule has 0 aliphatic carbocycles. The van der Waals surface area contributed by atoms with Crippen molar-refractivity contribution in [3.8, 4) is 0 Å². The van der Waals surface area contributed by atoms with Crippen LogP contribution in [0.1, 0.15) is 44.4 Å². The summed E-state index contributed by atoms with van der Waals surface area (Å²) in [5.74, 6) is 0. The minimum atomic E-state index is 0.136. The van der Waals surface area contributed by atoms with Gasteiger partial charge in [0, 0.05) is 16.5 Å². The third-order valence-electron chi connectivity index (χ3n) is 4.64. The predicted molar refractivity (Wildman–Crippen MR) is 87.8 cm³/mol. The Morgan fingerprint density at radius 1 is 1.37 bits per heavy atom. The van der Waals surface area contributed by atoms with E-state index in [1.165, 1.54) is 41.0 Å². The molecule has 0 saturated carbocycles. The summed E-state index contributed by atoms with van der Waals surface area (Å²) in [4.78, 5) is 4.01. The lowest BCUT2D eigenvalue weighted by molar-refractivity contribution is 0.0548. The monoisotopic (exact) mass is 344 g/mol. The summed E-state index contributed by atoms with van der Waals surface area (Å²) < 4.78 is 1.20. The van der Waals surface area contributed by atoms with Gasteiger partial charge in [0.1, 0.15) is 0 Å². The van der Waals surface area contributed by atoms with E-state index in [0.29, 0.717) is 0 Å². The number of rotatable bonds is 5. The minimum Gasteiger partial charge on any atom is -0.326 e. The first kappa shape index (κ1) is 15.5. The number of halogens is 1. The molecule has 1 aromatic heterocycles. The fourth-order valence-corrected chi connectivity index (χ4v) is 4.56. The average molecular weight is 345 g/mol. The molecule has 1 saturated heterocycles. The molecule has 0 radical (unpaired) electrons. The standard InChI is InChI=1S/C15H25BrN2S/c1-3-15(2,18-9-5-4-6-10-18)13(17)11-12-7-8-14(16)19-12/h7-8,13H,3-6,9-11,17H2,1-2H3. The lowest BCUT2D eigenvalue weighted by Crippen LogP contribution is -2.59. The zero-order chi connectivity index (χ0) is 13.9. The Labute approximate surface area is 129 Å². The molecule has 2 unspecified atom stereocenters. The van der Waals surface area contributed by atoms with Gasteiger partial charge in [-0.05, 0) is 73.8 Å². The van der Waals surface area contributed by atoms with Gasteiger partial charge in [-0.25, -0.2) is 0 Å². The van der Waals surface area contributed by atoms with Gasteiger partial charge in [-0.1, -0.05) is 13.3 Å². The van der Waals surface area contributed by atoms with E-state index in [-0.39, 0.29) is 11.6 Å². The van der Waals surface area contributed by atoms with Gasteiger partial charge >= 0.3 is 0 Å². The van der Waals surface area contributed by atoms with Gasteiger partial charge in [0.2, 0.25) is 0 Å². The van der Waals surface area contributed by atoms with E-state index in [0.717, 1.165) is 12.8 Å². The molecule has 2 nitrogen and oxygen atoms in total. The lowest BCUT2D eigenvalue weighted by Gasteiger charge is -2.46. The van der Waals surface area contributed by atoms with E-state index < -0.39 is 0 Å². The second kappa shape index (κ2) is 6.70. The maximum atomic E-state index is 6.58. The number of nitrogens with zero attached hydrogens (tertiary/aromatic N) is 1. The molecule has 1 fully saturated rings. The second-order valence-electron chi connectivity index (χ2n) is 5.77. The molecule has 1 aliphatic heterocycles. The van der Waals surface area contributed by atoms with Crippen LogP contribution in [0.5, 0.6) is 0 Å². The van der Waals surface area contributed by atoms with Gasteiger partial charge in [-0.3, -0.25) is 4.90 Å². The van der Waals surface area contributed by atoms with Gasteiger partial charge in [-0.15, -0.1) is 11.3 Å². The van der Waals surface area contributed by atoms with Crippen LogP contribution in [-0.2, 0) is 6.42 Å². The Kier molecular flexibility index (Phi) is 5.46. The zero-order valence-corrected chi connectivity index (χ0v) is 14.4. The quantitative estimate of drug-likeness (QED) is 0.873. The van der Waals surface area contributed by atoms with E-state index in [1.54, 1.807) is 0 Å². The maximum absolute atomic E-state index is 6.58. The van der Waals surface area contributed by atoms with Gasteiger partial charge in [0.15, 0.2) is 0 Å². The van der Waals surface area contributed by atoms with Crippen LogP contribution >= 0.6 is 27.3 Å². The number of piperidine rings is 1. The Bertz CT molecular complexity index is 401. The largest absolute Gasteiger partial charge is 0.326 e. The van der Waals surface area contributed by atoms with Crippen LogP contribution in [0.15, 0.2) is 15.9 Å². The molecule has 0 aromatic carbocycles. The first-order chi connectivity index (χ1) is 9.06. The van der Waals surface area contributed by atoms with E-state index in [9.17, 15) is 0 Å². The van der Waals surface area contributed by atoms with Crippen LogP contribution in [0.25, 0.3) is 0 Å². The van der Waals surface area contributed by atoms with E-state index >= 15 is 0 Å². The molecule has 2 heterocycles. The van der Waals surface area contributed by atoms with Crippen LogP contribution in [-0.4, -0.2) is 29.6 Å². The predicted octanol–water partition coefficient (Wildman–Crippen LogP) is 4.04. The Hall–Kier alpha value is 0.1000. The molecule has 108 valence electrons. The number of nitrogens with two attached hydrogens (primary N) is 1. The van der Waals surface area contributed by atoms with Gasteiger partial charge in [-0.2, -0.15) is 0 Å². The number of hydrogen-bond acceptors (Lipinski definition) is 3. The number of thiophene rings is 1. The summed E-state index contributed by atoms with van der Waals surface area (Å²) in [6.45, 7) is 7.06. The molecule has 1 aromatic rings. The summed E-state index contributed by atoms with van der Waals surface area (Å²) >= 11 is 5.34. The normalized spacial score (nSPS) is 22.1. The van der Waals surface area contributed by atoms with Crippen molar-refractivity contribution in [2.45, 2.75) is 57.5 Å². The van der Waals surface area contributed by atoms with Gasteiger partial charge in [0.25, 0.3) is 0 Å². The van der Waals surface area contributed by atoms with E-state index in [4.69, 9.17) is 5.73 Å². The zero-order valence-electron chi connectivity index (χ0n) is 12.0. The molecule has 4 heteroatoms. The minimum absolute atomic E-state index is 0.136. The SMILES string of the molecule is CCC(C)(C(N)Cc1ccc(Br)s1)N1CCCCC1. The third kappa shape index (κ3) is 3.60. The molecule has 2 rings (SSSR count). The highest BCUT2D eigenvalue weighted by atomic mass is 79.9. The van der Waals surface area contributed by atoms with Crippen molar-refractivity contribution >= 4 is 27.3 Å². The lowest BCUT2D eigenvalue weighted by atomic mass is 9.84. The Morgan fingerprint density at radius 2 is 2.05 bits per heavy atom. The Balaban J connectivity index is 2.06. The van der Waals surface area contributed by atoms with Crippen LogP contribution in [0.4, 0.5) is 0 Å². The van der Waals surface area contributed by atoms with E-state index in [1.807, 2.05) is 11.3 Å². The van der Waals surface area contributed by atoms with Gasteiger partial charge < -0.3 is 5.73 Å². The number of hydrogen-bond donors (Lipinski definition) is 1. The fourth-order valence-electron chi connectivity index (χ4n) is 3.02. The molecule has 0 amide bonds. The highest BCUT2D eigenvalue weighted by molar-refractivity contribution is 9.11. The summed E-state index contributed by atoms with van der Waals surface area (Å²) in [6, 6.07) is 4.53. The summed E-state index contributed by atoms with van der Waals surface area (Å²) in [7, 11) is 0. The topological polar surface area (TPSA) is 29.3 Å². The fraction of sp³-hybridized carbons (Fsp3) is 0.733. The summed E-state index contributed by atoms with van der Waals surface area (Å²) in [6.07, 6.45) is 6.14. The molecular weight excluding hydrogens is 320 g/mol. The van der Waals surface area contributed by atoms with Crippen LogP contribution in [0, 0.1) is 0 Å². The molecular formula is C15H25BrN2S. The van der Waals surface area contributed by atoms with Crippen LogP contribution in [0.2, 0.25) is 0 Å². The van der Waals surface area contributed by atoms with E-state index in [2.05, 4.69) is 46.8 Å². The first-order valence-electron chi connectivity index (χ1n) is 7.31. The van der Waals surface area contributed by atoms with Gasteiger partial charge in [0.05, 0.1) is 3.79 Å². The molecule has 1 aliphatic rings. The van der Waals surface area contributed by atoms with Crippen LogP contribution in [0.3, 0.4) is 0 Å². The van der Waals surface area contributed by atoms with Crippen molar-refractivity contribution in [3.63, 3.8) is 0 Å². The number of likely N-dealkylation sites (tertiary alicyclic amines) is 1. The first-order valence-corrected chi connectivity index (χ1v) is 8.92. The van der Waals surface area contributed by atoms with Crippen molar-refractivity contribution < 1.29 is 0 Å². The highest BCUT2D eigenvalue weighted by Gasteiger charge is 2.36. The average Bonchev–Trinajstić information content (AvgIpc) is 2.84. The third-order valence-corrected chi connectivity index (χ3v) is 6.29. The van der Waals surface area contributed by atoms with Crippen molar-refractivity contribution in [1.29, 1.82) is 0 Å². The van der Waals surface area contributed by atoms with Crippen LogP contribution < -0.4 is 5.73 Å². The summed E-state index contributed by atoms with van der Waals surface area (Å²) in [5, 5.41) is 0.